The Bertz CT molecular complexity index is 539. The monoisotopic (exact) mass is 349 g/mol. The zero-order valence-electron chi connectivity index (χ0n) is 11.9. The van der Waals surface area contributed by atoms with Crippen LogP contribution < -0.4 is 5.32 Å². The van der Waals surface area contributed by atoms with Gasteiger partial charge in [0.05, 0.1) is 0 Å². The Morgan fingerprint density at radius 2 is 1.80 bits per heavy atom. The van der Waals surface area contributed by atoms with E-state index in [1.165, 1.54) is 21.8 Å². The molecule has 1 nitrogen and oxygen atoms in total. The Balaban J connectivity index is 2.03. The largest absolute Gasteiger partial charge is 0.310 e. The molecule has 0 aliphatic heterocycles. The highest BCUT2D eigenvalue weighted by molar-refractivity contribution is 9.10. The van der Waals surface area contributed by atoms with E-state index in [0.29, 0.717) is 6.04 Å². The molecule has 2 rings (SSSR count). The van der Waals surface area contributed by atoms with Gasteiger partial charge >= 0.3 is 0 Å². The molecule has 0 saturated heterocycles. The van der Waals surface area contributed by atoms with E-state index in [1.54, 1.807) is 11.8 Å². The Hall–Kier alpha value is -0.770. The minimum Gasteiger partial charge on any atom is -0.310 e. The van der Waals surface area contributed by atoms with Gasteiger partial charge in [0.2, 0.25) is 0 Å². The van der Waals surface area contributed by atoms with Crippen LogP contribution in [-0.4, -0.2) is 6.54 Å². The summed E-state index contributed by atoms with van der Waals surface area (Å²) in [5.41, 5.74) is 1.34. The lowest BCUT2D eigenvalue weighted by atomic mass is 10.1. The van der Waals surface area contributed by atoms with Crippen molar-refractivity contribution in [2.45, 2.75) is 36.1 Å². The Labute approximate surface area is 134 Å². The van der Waals surface area contributed by atoms with Gasteiger partial charge in [0.25, 0.3) is 0 Å². The smallest absolute Gasteiger partial charge is 0.0314 e. The minimum absolute atomic E-state index is 0.414. The first kappa shape index (κ1) is 15.6. The van der Waals surface area contributed by atoms with E-state index in [1.807, 2.05) is 6.07 Å². The van der Waals surface area contributed by atoms with Gasteiger partial charge in [0.1, 0.15) is 0 Å². The van der Waals surface area contributed by atoms with Crippen LogP contribution >= 0.6 is 27.7 Å². The highest BCUT2D eigenvalue weighted by Crippen LogP contribution is 2.33. The molecule has 1 N–H and O–H groups in total. The molecule has 1 unspecified atom stereocenters. The molecule has 106 valence electrons. The van der Waals surface area contributed by atoms with Crippen molar-refractivity contribution in [3.8, 4) is 0 Å². The second-order valence-corrected chi connectivity index (χ2v) is 6.75. The van der Waals surface area contributed by atoms with E-state index in [-0.39, 0.29) is 0 Å². The summed E-state index contributed by atoms with van der Waals surface area (Å²) in [4.78, 5) is 2.51. The third-order valence-corrected chi connectivity index (χ3v) is 5.18. The van der Waals surface area contributed by atoms with Crippen molar-refractivity contribution >= 4 is 27.7 Å². The molecule has 0 saturated carbocycles. The molecule has 3 heteroatoms. The van der Waals surface area contributed by atoms with E-state index < -0.39 is 0 Å². The van der Waals surface area contributed by atoms with Gasteiger partial charge in [-0.25, -0.2) is 0 Å². The fourth-order valence-corrected chi connectivity index (χ4v) is 3.32. The van der Waals surface area contributed by atoms with Gasteiger partial charge in [0, 0.05) is 20.3 Å². The highest BCUT2D eigenvalue weighted by Gasteiger charge is 2.05. The van der Waals surface area contributed by atoms with E-state index in [9.17, 15) is 0 Å². The zero-order valence-corrected chi connectivity index (χ0v) is 14.3. The third-order valence-electron chi connectivity index (χ3n) is 3.15. The van der Waals surface area contributed by atoms with Gasteiger partial charge in [-0.1, -0.05) is 43.0 Å². The summed E-state index contributed by atoms with van der Waals surface area (Å²) in [7, 11) is 0. The van der Waals surface area contributed by atoms with E-state index in [4.69, 9.17) is 0 Å². The van der Waals surface area contributed by atoms with Gasteiger partial charge in [-0.3, -0.25) is 0 Å². The van der Waals surface area contributed by atoms with Gasteiger partial charge < -0.3 is 5.32 Å². The summed E-state index contributed by atoms with van der Waals surface area (Å²) < 4.78 is 1.15. The predicted molar refractivity (Wildman–Crippen MR) is 91.4 cm³/mol. The maximum Gasteiger partial charge on any atom is 0.0314 e. The first-order valence-corrected chi connectivity index (χ1v) is 8.57. The van der Waals surface area contributed by atoms with Crippen molar-refractivity contribution in [2.24, 2.45) is 0 Å². The topological polar surface area (TPSA) is 12.0 Å². The second-order valence-electron chi connectivity index (χ2n) is 4.78. The molecule has 2 aromatic carbocycles. The zero-order chi connectivity index (χ0) is 14.4. The van der Waals surface area contributed by atoms with Crippen LogP contribution in [0, 0.1) is 0 Å². The Morgan fingerprint density at radius 3 is 2.45 bits per heavy atom. The standard InChI is InChI=1S/C17H20BrNS/c1-3-12-19-13(2)14-8-10-15(11-9-14)20-17-7-5-4-6-16(17)18/h4-11,13,19H,3,12H2,1-2H3. The van der Waals surface area contributed by atoms with Crippen LogP contribution in [0.15, 0.2) is 62.8 Å². The number of hydrogen-bond donors (Lipinski definition) is 1. The molecule has 2 aromatic rings. The molecule has 0 aliphatic rings. The fraction of sp³-hybridized carbons (Fsp3) is 0.294. The van der Waals surface area contributed by atoms with Gasteiger partial charge in [-0.05, 0) is 65.6 Å². The predicted octanol–water partition coefficient (Wildman–Crippen LogP) is 5.66. The van der Waals surface area contributed by atoms with Crippen LogP contribution in [0.1, 0.15) is 31.9 Å². The van der Waals surface area contributed by atoms with Crippen LogP contribution in [0.3, 0.4) is 0 Å². The molecule has 0 fully saturated rings. The molecular formula is C17H20BrNS. The maximum absolute atomic E-state index is 3.59. The Morgan fingerprint density at radius 1 is 1.10 bits per heavy atom. The number of halogens is 1. The summed E-state index contributed by atoms with van der Waals surface area (Å²) in [6, 6.07) is 17.6. The summed E-state index contributed by atoms with van der Waals surface area (Å²) in [6.45, 7) is 5.47. The number of rotatable bonds is 6. The average Bonchev–Trinajstić information content (AvgIpc) is 2.48. The lowest BCUT2D eigenvalue weighted by Gasteiger charge is -2.14. The van der Waals surface area contributed by atoms with E-state index >= 15 is 0 Å². The molecule has 0 heterocycles. The lowest BCUT2D eigenvalue weighted by Crippen LogP contribution is -2.19. The van der Waals surface area contributed by atoms with Crippen LogP contribution in [0.2, 0.25) is 0 Å². The summed E-state index contributed by atoms with van der Waals surface area (Å²) in [6.07, 6.45) is 1.17. The molecule has 0 radical (unpaired) electrons. The second kappa shape index (κ2) is 7.87. The molecule has 0 bridgehead atoms. The van der Waals surface area contributed by atoms with E-state index in [2.05, 4.69) is 77.6 Å². The molecule has 0 spiro atoms. The summed E-state index contributed by atoms with van der Waals surface area (Å²) in [5, 5.41) is 3.51. The van der Waals surface area contributed by atoms with E-state index in [0.717, 1.165) is 11.0 Å². The lowest BCUT2D eigenvalue weighted by molar-refractivity contribution is 0.570. The van der Waals surface area contributed by atoms with Crippen molar-refractivity contribution in [3.63, 3.8) is 0 Å². The van der Waals surface area contributed by atoms with Gasteiger partial charge in [0.15, 0.2) is 0 Å². The van der Waals surface area contributed by atoms with Gasteiger partial charge in [-0.15, -0.1) is 0 Å². The first-order valence-electron chi connectivity index (χ1n) is 6.96. The number of nitrogens with one attached hydrogen (secondary N) is 1. The molecule has 20 heavy (non-hydrogen) atoms. The van der Waals surface area contributed by atoms with Crippen molar-refractivity contribution in [2.75, 3.05) is 6.54 Å². The van der Waals surface area contributed by atoms with Crippen molar-refractivity contribution in [3.05, 3.63) is 58.6 Å². The molecule has 0 aromatic heterocycles. The minimum atomic E-state index is 0.414. The summed E-state index contributed by atoms with van der Waals surface area (Å²) >= 11 is 5.37. The summed E-state index contributed by atoms with van der Waals surface area (Å²) in [5.74, 6) is 0. The van der Waals surface area contributed by atoms with Gasteiger partial charge in [-0.2, -0.15) is 0 Å². The van der Waals surface area contributed by atoms with Crippen LogP contribution in [0.25, 0.3) is 0 Å². The fourth-order valence-electron chi connectivity index (χ4n) is 1.96. The van der Waals surface area contributed by atoms with Crippen molar-refractivity contribution < 1.29 is 0 Å². The highest BCUT2D eigenvalue weighted by atomic mass is 79.9. The quantitative estimate of drug-likeness (QED) is 0.721. The van der Waals surface area contributed by atoms with Crippen LogP contribution in [-0.2, 0) is 0 Å². The number of benzene rings is 2. The number of hydrogen-bond acceptors (Lipinski definition) is 2. The SMILES string of the molecule is CCCNC(C)c1ccc(Sc2ccccc2Br)cc1. The third kappa shape index (κ3) is 4.37. The normalized spacial score (nSPS) is 12.3. The Kier molecular flexibility index (Phi) is 6.14. The average molecular weight is 350 g/mol. The molecule has 0 amide bonds. The molecule has 1 atom stereocenters. The van der Waals surface area contributed by atoms with Crippen molar-refractivity contribution in [1.29, 1.82) is 0 Å². The first-order chi connectivity index (χ1) is 9.70. The van der Waals surface area contributed by atoms with Crippen LogP contribution in [0.4, 0.5) is 0 Å². The molecular weight excluding hydrogens is 330 g/mol. The maximum atomic E-state index is 3.59. The van der Waals surface area contributed by atoms with Crippen LogP contribution in [0.5, 0.6) is 0 Å². The molecule has 0 aliphatic carbocycles. The van der Waals surface area contributed by atoms with Crippen molar-refractivity contribution in [1.82, 2.24) is 5.32 Å².